The lowest BCUT2D eigenvalue weighted by Crippen LogP contribution is -2.52. The van der Waals surface area contributed by atoms with Crippen molar-refractivity contribution in [1.29, 1.82) is 0 Å². The van der Waals surface area contributed by atoms with E-state index in [-0.39, 0.29) is 11.9 Å². The Hall–Kier alpha value is -2.38. The van der Waals surface area contributed by atoms with Crippen molar-refractivity contribution in [2.45, 2.75) is 32.6 Å². The lowest BCUT2D eigenvalue weighted by molar-refractivity contribution is -0.137. The molecule has 1 fully saturated rings. The summed E-state index contributed by atoms with van der Waals surface area (Å²) in [5.74, 6) is -0.0503. The Bertz CT molecular complexity index is 845. The van der Waals surface area contributed by atoms with E-state index in [0.29, 0.717) is 38.3 Å². The molecular weight excluding hydrogens is 379 g/mol. The van der Waals surface area contributed by atoms with E-state index in [1.54, 1.807) is 6.07 Å². The van der Waals surface area contributed by atoms with E-state index in [2.05, 4.69) is 15.1 Å². The minimum absolute atomic E-state index is 0.0503. The van der Waals surface area contributed by atoms with Crippen LogP contribution in [0.25, 0.3) is 0 Å². The highest BCUT2D eigenvalue weighted by Gasteiger charge is 2.31. The molecule has 1 heterocycles. The smallest absolute Gasteiger partial charge is 0.324 e. The number of carbonyl (C=O) groups is 1. The molecule has 0 unspecified atom stereocenters. The molecule has 4 nitrogen and oxygen atoms in total. The maximum absolute atomic E-state index is 12.9. The van der Waals surface area contributed by atoms with Gasteiger partial charge in [-0.05, 0) is 37.1 Å². The Kier molecular flexibility index (Phi) is 6.59. The van der Waals surface area contributed by atoms with Crippen molar-refractivity contribution in [3.8, 4) is 0 Å². The number of nitrogens with one attached hydrogen (secondary N) is 1. The number of hydrogen-bond acceptors (Lipinski definition) is 3. The first kappa shape index (κ1) is 21.3. The quantitative estimate of drug-likeness (QED) is 0.812. The number of benzene rings is 2. The maximum atomic E-state index is 12.9. The summed E-state index contributed by atoms with van der Waals surface area (Å²) in [6.45, 7) is 7.11. The zero-order chi connectivity index (χ0) is 21.0. The van der Waals surface area contributed by atoms with Gasteiger partial charge in [-0.25, -0.2) is 0 Å². The Balaban J connectivity index is 1.52. The SMILES string of the molecule is Cc1ccccc1NC(=O)[C@H](C)N1CCN(Cc2cccc(C(F)(F)F)c2)CC1. The fraction of sp³-hybridized carbons (Fsp3) is 0.409. The van der Waals surface area contributed by atoms with Crippen LogP contribution in [-0.4, -0.2) is 47.9 Å². The van der Waals surface area contributed by atoms with Crippen LogP contribution in [-0.2, 0) is 17.5 Å². The third kappa shape index (κ3) is 5.58. The predicted molar refractivity (Wildman–Crippen MR) is 108 cm³/mol. The van der Waals surface area contributed by atoms with E-state index < -0.39 is 11.7 Å². The Morgan fingerprint density at radius 1 is 1.07 bits per heavy atom. The average molecular weight is 405 g/mol. The van der Waals surface area contributed by atoms with Gasteiger partial charge in [-0.1, -0.05) is 36.4 Å². The number of anilines is 1. The summed E-state index contributed by atoms with van der Waals surface area (Å²) in [6.07, 6.45) is -4.32. The Morgan fingerprint density at radius 3 is 2.41 bits per heavy atom. The number of piperazine rings is 1. The molecule has 1 amide bonds. The molecule has 0 spiro atoms. The molecule has 0 aromatic heterocycles. The number of nitrogens with zero attached hydrogens (tertiary/aromatic N) is 2. The highest BCUT2D eigenvalue weighted by atomic mass is 19.4. The number of carbonyl (C=O) groups excluding carboxylic acids is 1. The van der Waals surface area contributed by atoms with Crippen LogP contribution in [0.4, 0.5) is 18.9 Å². The fourth-order valence-corrected chi connectivity index (χ4v) is 3.53. The van der Waals surface area contributed by atoms with Crippen LogP contribution in [0.2, 0.25) is 0 Å². The van der Waals surface area contributed by atoms with Crippen LogP contribution in [0, 0.1) is 6.92 Å². The lowest BCUT2D eigenvalue weighted by Gasteiger charge is -2.37. The van der Waals surface area contributed by atoms with Crippen LogP contribution in [0.3, 0.4) is 0 Å². The molecule has 7 heteroatoms. The fourth-order valence-electron chi connectivity index (χ4n) is 3.53. The molecule has 1 N–H and O–H groups in total. The molecule has 0 saturated carbocycles. The van der Waals surface area contributed by atoms with Gasteiger partial charge in [0.2, 0.25) is 5.91 Å². The predicted octanol–water partition coefficient (Wildman–Crippen LogP) is 4.16. The van der Waals surface area contributed by atoms with Gasteiger partial charge in [0.05, 0.1) is 11.6 Å². The standard InChI is InChI=1S/C22H26F3N3O/c1-16-6-3-4-9-20(16)26-21(29)17(2)28-12-10-27(11-13-28)15-18-7-5-8-19(14-18)22(23,24)25/h3-9,14,17H,10-13,15H2,1-2H3,(H,26,29)/t17-/m0/s1. The van der Waals surface area contributed by atoms with Crippen molar-refractivity contribution in [1.82, 2.24) is 9.80 Å². The second kappa shape index (κ2) is 8.97. The van der Waals surface area contributed by atoms with Crippen LogP contribution in [0.5, 0.6) is 0 Å². The second-order valence-corrected chi connectivity index (χ2v) is 7.49. The van der Waals surface area contributed by atoms with Crippen molar-refractivity contribution in [3.05, 3.63) is 65.2 Å². The van der Waals surface area contributed by atoms with Gasteiger partial charge in [0.25, 0.3) is 0 Å². The second-order valence-electron chi connectivity index (χ2n) is 7.49. The third-order valence-corrected chi connectivity index (χ3v) is 5.40. The first-order valence-electron chi connectivity index (χ1n) is 9.73. The van der Waals surface area contributed by atoms with E-state index in [9.17, 15) is 18.0 Å². The minimum atomic E-state index is -4.32. The third-order valence-electron chi connectivity index (χ3n) is 5.40. The van der Waals surface area contributed by atoms with E-state index >= 15 is 0 Å². The van der Waals surface area contributed by atoms with Gasteiger partial charge in [0.15, 0.2) is 0 Å². The van der Waals surface area contributed by atoms with Gasteiger partial charge in [0, 0.05) is 38.4 Å². The number of rotatable bonds is 5. The molecule has 1 saturated heterocycles. The van der Waals surface area contributed by atoms with E-state index in [4.69, 9.17) is 0 Å². The Morgan fingerprint density at radius 2 is 1.76 bits per heavy atom. The molecule has 3 rings (SSSR count). The number of amides is 1. The minimum Gasteiger partial charge on any atom is -0.324 e. The van der Waals surface area contributed by atoms with Crippen LogP contribution < -0.4 is 5.32 Å². The first-order chi connectivity index (χ1) is 13.7. The average Bonchev–Trinajstić information content (AvgIpc) is 2.69. The highest BCUT2D eigenvalue weighted by Crippen LogP contribution is 2.29. The van der Waals surface area contributed by atoms with Crippen molar-refractivity contribution < 1.29 is 18.0 Å². The number of alkyl halides is 3. The van der Waals surface area contributed by atoms with Crippen molar-refractivity contribution in [2.24, 2.45) is 0 Å². The zero-order valence-electron chi connectivity index (χ0n) is 16.7. The number of para-hydroxylation sites is 1. The van der Waals surface area contributed by atoms with Gasteiger partial charge < -0.3 is 5.32 Å². The summed E-state index contributed by atoms with van der Waals surface area (Å²) in [6, 6.07) is 12.9. The van der Waals surface area contributed by atoms with Crippen molar-refractivity contribution in [3.63, 3.8) is 0 Å². The Labute approximate surface area is 169 Å². The van der Waals surface area contributed by atoms with E-state index in [1.807, 2.05) is 38.1 Å². The maximum Gasteiger partial charge on any atom is 0.416 e. The summed E-state index contributed by atoms with van der Waals surface area (Å²) in [5.41, 5.74) is 1.86. The number of hydrogen-bond donors (Lipinski definition) is 1. The molecule has 2 aromatic rings. The summed E-state index contributed by atoms with van der Waals surface area (Å²) < 4.78 is 38.7. The molecule has 156 valence electrons. The van der Waals surface area contributed by atoms with Gasteiger partial charge in [0.1, 0.15) is 0 Å². The molecule has 0 bridgehead atoms. The van der Waals surface area contributed by atoms with Gasteiger partial charge in [-0.2, -0.15) is 13.2 Å². The van der Waals surface area contributed by atoms with E-state index in [0.717, 1.165) is 17.3 Å². The van der Waals surface area contributed by atoms with Gasteiger partial charge in [-0.3, -0.25) is 14.6 Å². The summed E-state index contributed by atoms with van der Waals surface area (Å²) in [5, 5.41) is 2.98. The van der Waals surface area contributed by atoms with E-state index in [1.165, 1.54) is 12.1 Å². The molecule has 1 atom stereocenters. The monoisotopic (exact) mass is 405 g/mol. The summed E-state index contributed by atoms with van der Waals surface area (Å²) in [7, 11) is 0. The van der Waals surface area contributed by atoms with Gasteiger partial charge >= 0.3 is 6.18 Å². The summed E-state index contributed by atoms with van der Waals surface area (Å²) in [4.78, 5) is 16.8. The number of aryl methyl sites for hydroxylation is 1. The summed E-state index contributed by atoms with van der Waals surface area (Å²) >= 11 is 0. The lowest BCUT2D eigenvalue weighted by atomic mass is 10.1. The largest absolute Gasteiger partial charge is 0.416 e. The molecule has 2 aromatic carbocycles. The molecule has 0 radical (unpaired) electrons. The van der Waals surface area contributed by atoms with Crippen LogP contribution in [0.1, 0.15) is 23.6 Å². The van der Waals surface area contributed by atoms with Crippen LogP contribution >= 0.6 is 0 Å². The van der Waals surface area contributed by atoms with Crippen LogP contribution in [0.15, 0.2) is 48.5 Å². The van der Waals surface area contributed by atoms with Crippen molar-refractivity contribution >= 4 is 11.6 Å². The van der Waals surface area contributed by atoms with Crippen molar-refractivity contribution in [2.75, 3.05) is 31.5 Å². The number of halogens is 3. The topological polar surface area (TPSA) is 35.6 Å². The zero-order valence-corrected chi connectivity index (χ0v) is 16.7. The molecule has 1 aliphatic rings. The highest BCUT2D eigenvalue weighted by molar-refractivity contribution is 5.95. The van der Waals surface area contributed by atoms with Gasteiger partial charge in [-0.15, -0.1) is 0 Å². The first-order valence-corrected chi connectivity index (χ1v) is 9.73. The molecular formula is C22H26F3N3O. The normalized spacial score (nSPS) is 17.1. The molecule has 29 heavy (non-hydrogen) atoms. The molecule has 0 aliphatic carbocycles. The molecule has 1 aliphatic heterocycles.